The Morgan fingerprint density at radius 3 is 2.46 bits per heavy atom. The van der Waals surface area contributed by atoms with Crippen LogP contribution in [0.1, 0.15) is 30.6 Å². The van der Waals surface area contributed by atoms with E-state index in [1.807, 2.05) is 38.5 Å². The molecule has 0 radical (unpaired) electrons. The minimum Gasteiger partial charge on any atom is -0.497 e. The number of fused-ring (bicyclic) bond motifs is 1. The van der Waals surface area contributed by atoms with Crippen LogP contribution in [-0.2, 0) is 11.2 Å². The van der Waals surface area contributed by atoms with Crippen LogP contribution in [0.4, 0.5) is 0 Å². The second-order valence-corrected chi connectivity index (χ2v) is 7.22. The molecule has 1 heterocycles. The van der Waals surface area contributed by atoms with Gasteiger partial charge in [0.1, 0.15) is 5.75 Å². The first-order valence-electron chi connectivity index (χ1n) is 8.25. The van der Waals surface area contributed by atoms with Crippen molar-refractivity contribution in [2.45, 2.75) is 26.7 Å². The van der Waals surface area contributed by atoms with Crippen molar-refractivity contribution in [3.63, 3.8) is 0 Å². The van der Waals surface area contributed by atoms with Crippen LogP contribution in [0.15, 0.2) is 24.4 Å². The third-order valence-corrected chi connectivity index (χ3v) is 4.36. The number of rotatable bonds is 7. The van der Waals surface area contributed by atoms with Crippen LogP contribution < -0.4 is 4.74 Å². The van der Waals surface area contributed by atoms with Crippen molar-refractivity contribution in [2.75, 3.05) is 27.7 Å². The Labute approximate surface area is 160 Å². The third-order valence-electron chi connectivity index (χ3n) is 4.36. The van der Waals surface area contributed by atoms with Crippen LogP contribution in [0.2, 0.25) is 0 Å². The van der Waals surface area contributed by atoms with Crippen molar-refractivity contribution < 1.29 is 19.4 Å². The number of carbonyl (C=O) groups is 2. The molecule has 144 valence electrons. The van der Waals surface area contributed by atoms with Crippen molar-refractivity contribution in [2.24, 2.45) is 5.41 Å². The Bertz CT molecular complexity index is 796. The van der Waals surface area contributed by atoms with Gasteiger partial charge in [0.15, 0.2) is 0 Å². The number of aromatic nitrogens is 1. The lowest BCUT2D eigenvalue weighted by Crippen LogP contribution is -2.28. The standard InChI is InChI=1S/C19H26N2O4.ClH/c1-19(2,18(23)24)11-17(22)21-12-13(8-9-20(3)4)15-10-14(25-5)6-7-16(15)21;/h6-7,10,12H,8-9,11H2,1-5H3,(H,23,24);1H. The van der Waals surface area contributed by atoms with Crippen LogP contribution in [0.25, 0.3) is 10.9 Å². The molecular formula is C19H27ClN2O4. The molecule has 2 rings (SSSR count). The van der Waals surface area contributed by atoms with Gasteiger partial charge >= 0.3 is 5.97 Å². The molecular weight excluding hydrogens is 356 g/mol. The number of methoxy groups -OCH3 is 1. The second-order valence-electron chi connectivity index (χ2n) is 7.22. The maximum absolute atomic E-state index is 12.7. The number of ether oxygens (including phenoxy) is 1. The van der Waals surface area contributed by atoms with Gasteiger partial charge in [-0.05, 0) is 58.1 Å². The highest BCUT2D eigenvalue weighted by Gasteiger charge is 2.31. The summed E-state index contributed by atoms with van der Waals surface area (Å²) in [4.78, 5) is 26.2. The van der Waals surface area contributed by atoms with E-state index in [4.69, 9.17) is 4.74 Å². The molecule has 0 spiro atoms. The molecule has 0 fully saturated rings. The molecule has 0 atom stereocenters. The van der Waals surface area contributed by atoms with E-state index in [0.29, 0.717) is 0 Å². The Morgan fingerprint density at radius 2 is 1.92 bits per heavy atom. The predicted octanol–water partition coefficient (Wildman–Crippen LogP) is 3.32. The Morgan fingerprint density at radius 1 is 1.27 bits per heavy atom. The fraction of sp³-hybridized carbons (Fsp3) is 0.474. The highest BCUT2D eigenvalue weighted by atomic mass is 35.5. The van der Waals surface area contributed by atoms with Gasteiger partial charge in [-0.3, -0.25) is 14.2 Å². The van der Waals surface area contributed by atoms with E-state index >= 15 is 0 Å². The first kappa shape index (κ1) is 22.0. The zero-order chi connectivity index (χ0) is 18.8. The molecule has 1 aromatic carbocycles. The maximum atomic E-state index is 12.7. The third kappa shape index (κ3) is 4.77. The van der Waals surface area contributed by atoms with Crippen molar-refractivity contribution in [1.29, 1.82) is 0 Å². The lowest BCUT2D eigenvalue weighted by atomic mass is 9.89. The molecule has 0 aliphatic rings. The number of hydrogen-bond acceptors (Lipinski definition) is 4. The molecule has 0 aliphatic heterocycles. The van der Waals surface area contributed by atoms with Crippen LogP contribution in [0.3, 0.4) is 0 Å². The van der Waals surface area contributed by atoms with Gasteiger partial charge in [0, 0.05) is 24.5 Å². The van der Waals surface area contributed by atoms with E-state index in [1.165, 1.54) is 0 Å². The van der Waals surface area contributed by atoms with Gasteiger partial charge < -0.3 is 14.7 Å². The molecule has 0 saturated heterocycles. The number of aliphatic carboxylic acids is 1. The number of halogens is 1. The minimum absolute atomic E-state index is 0. The maximum Gasteiger partial charge on any atom is 0.309 e. The minimum atomic E-state index is -1.11. The molecule has 0 saturated carbocycles. The highest BCUT2D eigenvalue weighted by molar-refractivity contribution is 5.96. The summed E-state index contributed by atoms with van der Waals surface area (Å²) in [5.41, 5.74) is 0.717. The van der Waals surface area contributed by atoms with Crippen LogP contribution >= 0.6 is 12.4 Å². The number of benzene rings is 1. The number of hydrogen-bond donors (Lipinski definition) is 1. The summed E-state index contributed by atoms with van der Waals surface area (Å²) >= 11 is 0. The first-order chi connectivity index (χ1) is 11.7. The Kier molecular flexibility index (Phi) is 7.24. The molecule has 7 heteroatoms. The fourth-order valence-corrected chi connectivity index (χ4v) is 2.69. The molecule has 0 aliphatic carbocycles. The second kappa shape index (κ2) is 8.56. The Balaban J connectivity index is 0.00000338. The van der Waals surface area contributed by atoms with Gasteiger partial charge in [-0.2, -0.15) is 0 Å². The average Bonchev–Trinajstić information content (AvgIpc) is 2.90. The van der Waals surface area contributed by atoms with Gasteiger partial charge in [-0.15, -0.1) is 12.4 Å². The summed E-state index contributed by atoms with van der Waals surface area (Å²) in [6, 6.07) is 5.58. The van der Waals surface area contributed by atoms with E-state index in [-0.39, 0.29) is 24.7 Å². The quantitative estimate of drug-likeness (QED) is 0.795. The topological polar surface area (TPSA) is 71.8 Å². The van der Waals surface area contributed by atoms with Gasteiger partial charge in [0.05, 0.1) is 18.0 Å². The number of carbonyl (C=O) groups excluding carboxylic acids is 1. The molecule has 0 bridgehead atoms. The van der Waals surface area contributed by atoms with Crippen LogP contribution in [0.5, 0.6) is 5.75 Å². The molecule has 2 aromatic rings. The molecule has 0 amide bonds. The molecule has 26 heavy (non-hydrogen) atoms. The number of likely N-dealkylation sites (N-methyl/N-ethyl adjacent to an activating group) is 1. The van der Waals surface area contributed by atoms with Crippen molar-refractivity contribution in [1.82, 2.24) is 9.47 Å². The van der Waals surface area contributed by atoms with Crippen LogP contribution in [0, 0.1) is 5.41 Å². The molecule has 1 N–H and O–H groups in total. The van der Waals surface area contributed by atoms with E-state index in [9.17, 15) is 14.7 Å². The summed E-state index contributed by atoms with van der Waals surface area (Å²) in [7, 11) is 5.61. The lowest BCUT2D eigenvalue weighted by Gasteiger charge is -2.18. The smallest absolute Gasteiger partial charge is 0.309 e. The summed E-state index contributed by atoms with van der Waals surface area (Å²) in [5.74, 6) is -0.472. The SMILES string of the molecule is COc1ccc2c(c1)c(CCN(C)C)cn2C(=O)CC(C)(C)C(=O)O.Cl. The van der Waals surface area contributed by atoms with E-state index in [0.717, 1.165) is 35.2 Å². The van der Waals surface area contributed by atoms with Crippen molar-refractivity contribution in [3.8, 4) is 5.75 Å². The van der Waals surface area contributed by atoms with Gasteiger partial charge in [0.2, 0.25) is 5.91 Å². The average molecular weight is 383 g/mol. The molecule has 6 nitrogen and oxygen atoms in total. The lowest BCUT2D eigenvalue weighted by molar-refractivity contribution is -0.146. The van der Waals surface area contributed by atoms with Gasteiger partial charge in [0.25, 0.3) is 0 Å². The largest absolute Gasteiger partial charge is 0.497 e. The zero-order valence-electron chi connectivity index (χ0n) is 15.9. The normalized spacial score (nSPS) is 11.5. The predicted molar refractivity (Wildman–Crippen MR) is 105 cm³/mol. The summed E-state index contributed by atoms with van der Waals surface area (Å²) in [6.07, 6.45) is 2.55. The molecule has 0 unspecified atom stereocenters. The van der Waals surface area contributed by atoms with E-state index in [1.54, 1.807) is 25.5 Å². The van der Waals surface area contributed by atoms with Gasteiger partial charge in [-0.25, -0.2) is 0 Å². The summed E-state index contributed by atoms with van der Waals surface area (Å²) in [5, 5.41) is 10.2. The number of carboxylic acids is 1. The van der Waals surface area contributed by atoms with Gasteiger partial charge in [-0.1, -0.05) is 0 Å². The number of carboxylic acid groups (broad SMARTS) is 1. The van der Waals surface area contributed by atoms with E-state index < -0.39 is 11.4 Å². The fourth-order valence-electron chi connectivity index (χ4n) is 2.69. The number of nitrogens with zero attached hydrogens (tertiary/aromatic N) is 2. The van der Waals surface area contributed by atoms with Crippen molar-refractivity contribution in [3.05, 3.63) is 30.0 Å². The monoisotopic (exact) mass is 382 g/mol. The summed E-state index contributed by atoms with van der Waals surface area (Å²) in [6.45, 7) is 3.98. The highest BCUT2D eigenvalue weighted by Crippen LogP contribution is 2.29. The zero-order valence-corrected chi connectivity index (χ0v) is 16.7. The Hall–Kier alpha value is -2.05. The van der Waals surface area contributed by atoms with E-state index in [2.05, 4.69) is 4.90 Å². The van der Waals surface area contributed by atoms with Crippen LogP contribution in [-0.4, -0.2) is 54.2 Å². The molecule has 1 aromatic heterocycles. The summed E-state index contributed by atoms with van der Waals surface area (Å²) < 4.78 is 6.88. The first-order valence-corrected chi connectivity index (χ1v) is 8.25. The van der Waals surface area contributed by atoms with Crippen molar-refractivity contribution >= 4 is 35.2 Å².